The minimum atomic E-state index is -0.520. The monoisotopic (exact) mass is 405 g/mol. The van der Waals surface area contributed by atoms with Crippen molar-refractivity contribution in [2.75, 3.05) is 0 Å². The minimum absolute atomic E-state index is 0.0656. The number of ether oxygens (including phenoxy) is 1. The highest BCUT2D eigenvalue weighted by atomic mass is 79.9. The van der Waals surface area contributed by atoms with E-state index >= 15 is 0 Å². The Morgan fingerprint density at radius 3 is 2.60 bits per heavy atom. The van der Waals surface area contributed by atoms with Crippen LogP contribution in [0.4, 0.5) is 0 Å². The van der Waals surface area contributed by atoms with Crippen LogP contribution in [0.5, 0.6) is 0 Å². The van der Waals surface area contributed by atoms with Crippen molar-refractivity contribution in [2.24, 2.45) is 0 Å². The molecule has 0 fully saturated rings. The number of hydrogen-bond acceptors (Lipinski definition) is 5. The van der Waals surface area contributed by atoms with Crippen LogP contribution in [0.1, 0.15) is 5.56 Å². The van der Waals surface area contributed by atoms with E-state index in [-0.39, 0.29) is 17.9 Å². The predicted molar refractivity (Wildman–Crippen MR) is 93.9 cm³/mol. The molecular formula is C16H16BrN5O3. The van der Waals surface area contributed by atoms with Crippen LogP contribution in [-0.2, 0) is 31.2 Å². The minimum Gasteiger partial charge on any atom is -0.356 e. The molecular weight excluding hydrogens is 390 g/mol. The Balaban J connectivity index is 1.73. The van der Waals surface area contributed by atoms with Crippen LogP contribution in [0.15, 0.2) is 63.0 Å². The van der Waals surface area contributed by atoms with Gasteiger partial charge in [0.1, 0.15) is 6.73 Å². The Kier molecular flexibility index (Phi) is 5.56. The zero-order valence-corrected chi connectivity index (χ0v) is 14.9. The van der Waals surface area contributed by atoms with E-state index in [1.54, 1.807) is 23.1 Å². The van der Waals surface area contributed by atoms with Gasteiger partial charge in [0.25, 0.3) is 5.56 Å². The van der Waals surface area contributed by atoms with Crippen LogP contribution >= 0.6 is 15.9 Å². The molecule has 0 unspecified atom stereocenters. The van der Waals surface area contributed by atoms with Gasteiger partial charge in [-0.1, -0.05) is 30.3 Å². The van der Waals surface area contributed by atoms with Crippen molar-refractivity contribution in [2.45, 2.75) is 26.4 Å². The molecule has 0 atom stereocenters. The molecule has 0 bridgehead atoms. The van der Waals surface area contributed by atoms with E-state index < -0.39 is 11.2 Å². The summed E-state index contributed by atoms with van der Waals surface area (Å²) in [7, 11) is 0. The molecule has 9 heteroatoms. The first-order valence-corrected chi connectivity index (χ1v) is 8.41. The van der Waals surface area contributed by atoms with E-state index in [0.29, 0.717) is 13.2 Å². The Labute approximate surface area is 151 Å². The van der Waals surface area contributed by atoms with Crippen LogP contribution in [-0.4, -0.2) is 24.1 Å². The van der Waals surface area contributed by atoms with Gasteiger partial charge >= 0.3 is 5.69 Å². The molecule has 0 radical (unpaired) electrons. The highest BCUT2D eigenvalue weighted by Gasteiger charge is 2.11. The summed E-state index contributed by atoms with van der Waals surface area (Å²) in [4.78, 5) is 24.6. The first-order valence-electron chi connectivity index (χ1n) is 7.61. The maximum absolute atomic E-state index is 12.5. The van der Waals surface area contributed by atoms with Crippen LogP contribution in [0.3, 0.4) is 0 Å². The molecule has 25 heavy (non-hydrogen) atoms. The number of hydrogen-bond donors (Lipinski definition) is 0. The lowest BCUT2D eigenvalue weighted by molar-refractivity contribution is 0.0567. The number of aryl methyl sites for hydroxylation is 2. The summed E-state index contributed by atoms with van der Waals surface area (Å²) in [5, 5.41) is 8.06. The third kappa shape index (κ3) is 4.31. The summed E-state index contributed by atoms with van der Waals surface area (Å²) >= 11 is 3.10. The van der Waals surface area contributed by atoms with Crippen LogP contribution in [0.25, 0.3) is 0 Å². The molecule has 0 N–H and O–H groups in total. The zero-order valence-electron chi connectivity index (χ0n) is 13.3. The lowest BCUT2D eigenvalue weighted by Gasteiger charge is -2.10. The zero-order chi connectivity index (χ0) is 17.6. The molecule has 0 saturated heterocycles. The number of nitrogens with zero attached hydrogens (tertiary/aromatic N) is 5. The van der Waals surface area contributed by atoms with Gasteiger partial charge in [0.15, 0.2) is 4.60 Å². The molecule has 8 nitrogen and oxygen atoms in total. The predicted octanol–water partition coefficient (Wildman–Crippen LogP) is 1.24. The summed E-state index contributed by atoms with van der Waals surface area (Å²) in [5.41, 5.74) is -0.0792. The highest BCUT2D eigenvalue weighted by molar-refractivity contribution is 9.10. The van der Waals surface area contributed by atoms with Gasteiger partial charge in [-0.15, -0.1) is 0 Å². The van der Waals surface area contributed by atoms with Crippen LogP contribution in [0.2, 0.25) is 0 Å². The van der Waals surface area contributed by atoms with Gasteiger partial charge in [0.2, 0.25) is 0 Å². The summed E-state index contributed by atoms with van der Waals surface area (Å²) in [6, 6.07) is 11.3. The van der Waals surface area contributed by atoms with Gasteiger partial charge in [-0.2, -0.15) is 10.2 Å². The Morgan fingerprint density at radius 2 is 1.88 bits per heavy atom. The van der Waals surface area contributed by atoms with E-state index in [0.717, 1.165) is 10.1 Å². The first-order chi connectivity index (χ1) is 12.1. The van der Waals surface area contributed by atoms with Crippen molar-refractivity contribution in [1.82, 2.24) is 24.1 Å². The Hall–Kier alpha value is -2.52. The number of benzene rings is 1. The Morgan fingerprint density at radius 1 is 1.08 bits per heavy atom. The fourth-order valence-electron chi connectivity index (χ4n) is 2.25. The smallest absolute Gasteiger partial charge is 0.349 e. The van der Waals surface area contributed by atoms with E-state index in [1.807, 2.05) is 30.3 Å². The number of aromatic nitrogens is 5. The molecule has 0 amide bonds. The summed E-state index contributed by atoms with van der Waals surface area (Å²) in [6.45, 7) is 0.920. The van der Waals surface area contributed by atoms with Gasteiger partial charge < -0.3 is 4.74 Å². The third-order valence-corrected chi connectivity index (χ3v) is 4.01. The molecule has 130 valence electrons. The van der Waals surface area contributed by atoms with Crippen molar-refractivity contribution in [3.63, 3.8) is 0 Å². The van der Waals surface area contributed by atoms with Crippen molar-refractivity contribution in [1.29, 1.82) is 0 Å². The third-order valence-electron chi connectivity index (χ3n) is 3.51. The van der Waals surface area contributed by atoms with Gasteiger partial charge in [-0.05, 0) is 27.6 Å². The van der Waals surface area contributed by atoms with Gasteiger partial charge in [0.05, 0.1) is 19.7 Å². The molecule has 3 rings (SSSR count). The molecule has 0 spiro atoms. The molecule has 0 aliphatic heterocycles. The second-order valence-electron chi connectivity index (χ2n) is 5.26. The quantitative estimate of drug-likeness (QED) is 0.590. The van der Waals surface area contributed by atoms with E-state index in [4.69, 9.17) is 4.74 Å². The summed E-state index contributed by atoms with van der Waals surface area (Å²) in [5.74, 6) is 0. The van der Waals surface area contributed by atoms with Gasteiger partial charge in [-0.3, -0.25) is 9.48 Å². The van der Waals surface area contributed by atoms with Crippen molar-refractivity contribution < 1.29 is 4.74 Å². The van der Waals surface area contributed by atoms with Crippen LogP contribution in [0, 0.1) is 0 Å². The Bertz CT molecular complexity index is 935. The molecule has 3 aromatic rings. The van der Waals surface area contributed by atoms with Gasteiger partial charge in [0, 0.05) is 12.4 Å². The van der Waals surface area contributed by atoms with Crippen molar-refractivity contribution in [3.8, 4) is 0 Å². The second kappa shape index (κ2) is 8.04. The van der Waals surface area contributed by atoms with E-state index in [2.05, 4.69) is 26.1 Å². The van der Waals surface area contributed by atoms with Gasteiger partial charge in [-0.25, -0.2) is 14.0 Å². The summed E-state index contributed by atoms with van der Waals surface area (Å²) in [6.07, 6.45) is 3.45. The van der Waals surface area contributed by atoms with Crippen molar-refractivity contribution >= 4 is 15.9 Å². The highest BCUT2D eigenvalue weighted by Crippen LogP contribution is 2.01. The SMILES string of the molecule is O=c1c(Br)nn(CCn2cccn2)c(=O)n1COCc1ccccc1. The fourth-order valence-corrected chi connectivity index (χ4v) is 2.65. The maximum Gasteiger partial charge on any atom is 0.349 e. The van der Waals surface area contributed by atoms with Crippen molar-refractivity contribution in [3.05, 3.63) is 79.8 Å². The molecule has 0 saturated carbocycles. The number of halogens is 1. The lowest BCUT2D eigenvalue weighted by atomic mass is 10.2. The molecule has 2 heterocycles. The second-order valence-corrected chi connectivity index (χ2v) is 6.01. The van der Waals surface area contributed by atoms with E-state index in [9.17, 15) is 9.59 Å². The molecule has 2 aromatic heterocycles. The largest absolute Gasteiger partial charge is 0.356 e. The average Bonchev–Trinajstić information content (AvgIpc) is 3.14. The maximum atomic E-state index is 12.5. The standard InChI is InChI=1S/C16H16BrN5O3/c17-14-15(23)21(12-25-11-13-5-2-1-3-6-13)16(24)22(19-14)10-9-20-8-4-7-18-20/h1-8H,9-12H2. The van der Waals surface area contributed by atoms with Crippen LogP contribution < -0.4 is 11.2 Å². The molecule has 0 aliphatic carbocycles. The topological polar surface area (TPSA) is 83.9 Å². The lowest BCUT2D eigenvalue weighted by Crippen LogP contribution is -2.43. The van der Waals surface area contributed by atoms with E-state index in [1.165, 1.54) is 4.68 Å². The first kappa shape index (κ1) is 17.3. The molecule has 0 aliphatic rings. The normalized spacial score (nSPS) is 10.9. The summed E-state index contributed by atoms with van der Waals surface area (Å²) < 4.78 is 9.50. The average molecular weight is 406 g/mol. The molecule has 1 aromatic carbocycles. The number of rotatable bonds is 7. The fraction of sp³-hybridized carbons (Fsp3) is 0.250.